The van der Waals surface area contributed by atoms with Gasteiger partial charge >= 0.3 is 0 Å². The Morgan fingerprint density at radius 3 is 2.69 bits per heavy atom. The molecule has 0 aromatic rings. The maximum atomic E-state index is 5.91. The summed E-state index contributed by atoms with van der Waals surface area (Å²) in [4.78, 5) is 2.51. The van der Waals surface area contributed by atoms with Crippen LogP contribution >= 0.6 is 0 Å². The van der Waals surface area contributed by atoms with Gasteiger partial charge in [0.1, 0.15) is 0 Å². The highest BCUT2D eigenvalue weighted by Gasteiger charge is 2.32. The summed E-state index contributed by atoms with van der Waals surface area (Å²) in [5.74, 6) is 0. The predicted octanol–water partition coefficient (Wildman–Crippen LogP) is 2.00. The molecule has 1 aliphatic heterocycles. The Bertz CT molecular complexity index is 194. The minimum atomic E-state index is -0.0347. The molecule has 0 spiro atoms. The Kier molecular flexibility index (Phi) is 5.73. The summed E-state index contributed by atoms with van der Waals surface area (Å²) < 4.78 is 5.91. The molecule has 1 unspecified atom stereocenters. The monoisotopic (exact) mass is 228 g/mol. The molecule has 3 nitrogen and oxygen atoms in total. The van der Waals surface area contributed by atoms with E-state index >= 15 is 0 Å². The molecule has 96 valence electrons. The Morgan fingerprint density at radius 1 is 1.31 bits per heavy atom. The lowest BCUT2D eigenvalue weighted by atomic mass is 10.0. The fraction of sp³-hybridized carbons (Fsp3) is 1.00. The average Bonchev–Trinajstić information content (AvgIpc) is 2.22. The maximum absolute atomic E-state index is 5.91. The highest BCUT2D eigenvalue weighted by molar-refractivity contribution is 4.84. The van der Waals surface area contributed by atoms with Gasteiger partial charge in [0.25, 0.3) is 0 Å². The van der Waals surface area contributed by atoms with E-state index in [1.807, 2.05) is 0 Å². The molecule has 0 radical (unpaired) electrons. The van der Waals surface area contributed by atoms with Crippen LogP contribution in [0.4, 0.5) is 0 Å². The highest BCUT2D eigenvalue weighted by Crippen LogP contribution is 2.20. The van der Waals surface area contributed by atoms with Gasteiger partial charge < -0.3 is 10.5 Å². The summed E-state index contributed by atoms with van der Waals surface area (Å²) in [6, 6.07) is 0. The number of ether oxygens (including phenoxy) is 1. The van der Waals surface area contributed by atoms with Gasteiger partial charge in [-0.1, -0.05) is 26.2 Å². The zero-order valence-corrected chi connectivity index (χ0v) is 11.2. The van der Waals surface area contributed by atoms with Crippen molar-refractivity contribution in [3.63, 3.8) is 0 Å². The molecule has 16 heavy (non-hydrogen) atoms. The SMILES string of the molecule is CCCCCCN1CC(CN)OC(C)(C)C1. The quantitative estimate of drug-likeness (QED) is 0.707. The van der Waals surface area contributed by atoms with E-state index in [4.69, 9.17) is 10.5 Å². The lowest BCUT2D eigenvalue weighted by molar-refractivity contribution is -0.131. The minimum absolute atomic E-state index is 0.0347. The van der Waals surface area contributed by atoms with E-state index in [0.717, 1.165) is 13.1 Å². The maximum Gasteiger partial charge on any atom is 0.0831 e. The van der Waals surface area contributed by atoms with Gasteiger partial charge in [0.2, 0.25) is 0 Å². The third kappa shape index (κ3) is 4.81. The second kappa shape index (κ2) is 6.58. The molecule has 1 saturated heterocycles. The van der Waals surface area contributed by atoms with Crippen LogP contribution in [0.5, 0.6) is 0 Å². The first kappa shape index (κ1) is 13.9. The summed E-state index contributed by atoms with van der Waals surface area (Å²) in [5, 5.41) is 0. The van der Waals surface area contributed by atoms with E-state index in [1.165, 1.54) is 32.2 Å². The van der Waals surface area contributed by atoms with Gasteiger partial charge in [-0.15, -0.1) is 0 Å². The van der Waals surface area contributed by atoms with E-state index in [9.17, 15) is 0 Å². The van der Waals surface area contributed by atoms with Gasteiger partial charge in [-0.3, -0.25) is 4.90 Å². The van der Waals surface area contributed by atoms with E-state index in [0.29, 0.717) is 6.54 Å². The first-order valence-electron chi connectivity index (χ1n) is 6.67. The van der Waals surface area contributed by atoms with Crippen LogP contribution in [0.25, 0.3) is 0 Å². The van der Waals surface area contributed by atoms with Gasteiger partial charge in [0, 0.05) is 19.6 Å². The van der Waals surface area contributed by atoms with Crippen LogP contribution in [0.2, 0.25) is 0 Å². The van der Waals surface area contributed by atoms with Gasteiger partial charge in [-0.25, -0.2) is 0 Å². The number of hydrogen-bond acceptors (Lipinski definition) is 3. The molecule has 1 heterocycles. The van der Waals surface area contributed by atoms with E-state index in [1.54, 1.807) is 0 Å². The second-order valence-corrected chi connectivity index (χ2v) is 5.53. The van der Waals surface area contributed by atoms with E-state index in [2.05, 4.69) is 25.7 Å². The molecule has 1 atom stereocenters. The molecule has 1 aliphatic rings. The van der Waals surface area contributed by atoms with Crippen molar-refractivity contribution >= 4 is 0 Å². The summed E-state index contributed by atoms with van der Waals surface area (Å²) >= 11 is 0. The number of nitrogens with two attached hydrogens (primary N) is 1. The third-order valence-corrected chi connectivity index (χ3v) is 3.14. The molecule has 3 heteroatoms. The standard InChI is InChI=1S/C13H28N2O/c1-4-5-6-7-8-15-10-12(9-14)16-13(2,3)11-15/h12H,4-11,14H2,1-3H3. The van der Waals surface area contributed by atoms with Gasteiger partial charge in [0.05, 0.1) is 11.7 Å². The van der Waals surface area contributed by atoms with E-state index in [-0.39, 0.29) is 11.7 Å². The molecular formula is C13H28N2O. The smallest absolute Gasteiger partial charge is 0.0831 e. The van der Waals surface area contributed by atoms with Crippen molar-refractivity contribution in [3.05, 3.63) is 0 Å². The predicted molar refractivity (Wildman–Crippen MR) is 68.6 cm³/mol. The second-order valence-electron chi connectivity index (χ2n) is 5.53. The van der Waals surface area contributed by atoms with Crippen LogP contribution in [-0.4, -0.2) is 42.8 Å². The Labute approximate surface area is 100 Å². The molecule has 0 aliphatic carbocycles. The number of unbranched alkanes of at least 4 members (excludes halogenated alkanes) is 3. The Balaban J connectivity index is 2.29. The van der Waals surface area contributed by atoms with Crippen molar-refractivity contribution in [2.45, 2.75) is 58.2 Å². The first-order chi connectivity index (χ1) is 7.57. The van der Waals surface area contributed by atoms with Crippen LogP contribution in [0.3, 0.4) is 0 Å². The van der Waals surface area contributed by atoms with Crippen LogP contribution < -0.4 is 5.73 Å². The molecule has 0 aromatic heterocycles. The van der Waals surface area contributed by atoms with Gasteiger partial charge in [-0.2, -0.15) is 0 Å². The fourth-order valence-electron chi connectivity index (χ4n) is 2.47. The van der Waals surface area contributed by atoms with Gasteiger partial charge in [-0.05, 0) is 26.8 Å². The summed E-state index contributed by atoms with van der Waals surface area (Å²) in [5.41, 5.74) is 5.68. The molecule has 0 bridgehead atoms. The van der Waals surface area contributed by atoms with Crippen molar-refractivity contribution in [2.24, 2.45) is 5.73 Å². The fourth-order valence-corrected chi connectivity index (χ4v) is 2.47. The minimum Gasteiger partial charge on any atom is -0.368 e. The van der Waals surface area contributed by atoms with E-state index < -0.39 is 0 Å². The van der Waals surface area contributed by atoms with Crippen molar-refractivity contribution in [2.75, 3.05) is 26.2 Å². The molecular weight excluding hydrogens is 200 g/mol. The molecule has 2 N–H and O–H groups in total. The zero-order chi connectivity index (χ0) is 12.0. The number of nitrogens with zero attached hydrogens (tertiary/aromatic N) is 1. The molecule has 1 fully saturated rings. The van der Waals surface area contributed by atoms with Crippen molar-refractivity contribution in [1.82, 2.24) is 4.90 Å². The Hall–Kier alpha value is -0.120. The van der Waals surface area contributed by atoms with Crippen LogP contribution in [0.1, 0.15) is 46.5 Å². The molecule has 1 rings (SSSR count). The largest absolute Gasteiger partial charge is 0.368 e. The molecule has 0 saturated carbocycles. The molecule has 0 amide bonds. The topological polar surface area (TPSA) is 38.5 Å². The average molecular weight is 228 g/mol. The van der Waals surface area contributed by atoms with Crippen LogP contribution in [0, 0.1) is 0 Å². The Morgan fingerprint density at radius 2 is 2.06 bits per heavy atom. The zero-order valence-electron chi connectivity index (χ0n) is 11.2. The highest BCUT2D eigenvalue weighted by atomic mass is 16.5. The number of hydrogen-bond donors (Lipinski definition) is 1. The third-order valence-electron chi connectivity index (χ3n) is 3.14. The summed E-state index contributed by atoms with van der Waals surface area (Å²) in [6.07, 6.45) is 5.53. The van der Waals surface area contributed by atoms with Crippen LogP contribution in [0.15, 0.2) is 0 Å². The summed E-state index contributed by atoms with van der Waals surface area (Å²) in [7, 11) is 0. The lowest BCUT2D eigenvalue weighted by Crippen LogP contribution is -2.54. The summed E-state index contributed by atoms with van der Waals surface area (Å²) in [6.45, 7) is 10.4. The van der Waals surface area contributed by atoms with Crippen LogP contribution in [-0.2, 0) is 4.74 Å². The van der Waals surface area contributed by atoms with Crippen molar-refractivity contribution in [1.29, 1.82) is 0 Å². The number of rotatable bonds is 6. The van der Waals surface area contributed by atoms with Crippen molar-refractivity contribution in [3.8, 4) is 0 Å². The normalized spacial score (nSPS) is 25.9. The van der Waals surface area contributed by atoms with Gasteiger partial charge in [0.15, 0.2) is 0 Å². The van der Waals surface area contributed by atoms with Crippen molar-refractivity contribution < 1.29 is 4.74 Å². The number of morpholine rings is 1. The lowest BCUT2D eigenvalue weighted by Gasteiger charge is -2.42. The first-order valence-corrected chi connectivity index (χ1v) is 6.67. The molecule has 0 aromatic carbocycles.